The van der Waals surface area contributed by atoms with E-state index in [4.69, 9.17) is 27.9 Å². The highest BCUT2D eigenvalue weighted by atomic mass is 35.5. The lowest BCUT2D eigenvalue weighted by Crippen LogP contribution is -2.46. The van der Waals surface area contributed by atoms with Crippen molar-refractivity contribution in [3.05, 3.63) is 73.2 Å². The van der Waals surface area contributed by atoms with Crippen LogP contribution in [0.2, 0.25) is 10.0 Å². The first-order valence-corrected chi connectivity index (χ1v) is 12.2. The summed E-state index contributed by atoms with van der Waals surface area (Å²) >= 11 is 11.9. The van der Waals surface area contributed by atoms with Gasteiger partial charge in [-0.1, -0.05) is 35.3 Å². The van der Waals surface area contributed by atoms with Crippen LogP contribution >= 0.6 is 23.2 Å². The van der Waals surface area contributed by atoms with E-state index in [1.165, 1.54) is 36.4 Å². The van der Waals surface area contributed by atoms with E-state index in [1.807, 2.05) is 0 Å². The largest absolute Gasteiger partial charge is 0.459 e. The maximum absolute atomic E-state index is 12.9. The number of amides is 2. The van der Waals surface area contributed by atoms with Crippen molar-refractivity contribution in [1.29, 1.82) is 0 Å². The molecule has 0 saturated carbocycles. The topological polar surface area (TPSA) is 141 Å². The summed E-state index contributed by atoms with van der Waals surface area (Å²) in [5.41, 5.74) is -0.392. The van der Waals surface area contributed by atoms with Crippen molar-refractivity contribution < 1.29 is 32.5 Å². The number of carbonyl (C=O) groups is 3. The first kappa shape index (κ1) is 24.6. The number of rotatable bonds is 8. The van der Waals surface area contributed by atoms with Crippen LogP contribution in [-0.2, 0) is 26.0 Å². The first-order valence-electron chi connectivity index (χ1n) is 9.34. The summed E-state index contributed by atoms with van der Waals surface area (Å²) in [6, 6.07) is 6.33. The Bertz CT molecular complexity index is 1240. The van der Waals surface area contributed by atoms with Crippen LogP contribution in [0, 0.1) is 10.1 Å². The van der Waals surface area contributed by atoms with Gasteiger partial charge in [0.05, 0.1) is 37.4 Å². The number of hydrogen-bond acceptors (Lipinski definition) is 8. The predicted octanol–water partition coefficient (Wildman–Crippen LogP) is 3.04. The van der Waals surface area contributed by atoms with E-state index < -0.39 is 57.4 Å². The average Bonchev–Trinajstić information content (AvgIpc) is 2.96. The third-order valence-corrected chi connectivity index (χ3v) is 6.56. The molecule has 2 aromatic rings. The molecule has 2 amide bonds. The summed E-state index contributed by atoms with van der Waals surface area (Å²) < 4.78 is 28.6. The van der Waals surface area contributed by atoms with Crippen molar-refractivity contribution in [3.63, 3.8) is 0 Å². The monoisotopic (exact) mass is 514 g/mol. The number of halogens is 2. The molecule has 0 bridgehead atoms. The summed E-state index contributed by atoms with van der Waals surface area (Å²) in [4.78, 5) is 49.8. The molecule has 174 valence electrons. The molecule has 0 saturated heterocycles. The van der Waals surface area contributed by atoms with Gasteiger partial charge in [0.15, 0.2) is 0 Å². The van der Waals surface area contributed by atoms with E-state index in [1.54, 1.807) is 0 Å². The molecule has 1 aliphatic heterocycles. The molecular formula is C20H16Cl2N2O8S. The van der Waals surface area contributed by atoms with Crippen molar-refractivity contribution in [2.24, 2.45) is 0 Å². The lowest BCUT2D eigenvalue weighted by molar-refractivity contribution is -0.385. The Labute approximate surface area is 198 Å². The van der Waals surface area contributed by atoms with Crippen LogP contribution < -0.4 is 0 Å². The van der Waals surface area contributed by atoms with Crippen molar-refractivity contribution in [3.8, 4) is 0 Å². The SMILES string of the molecule is CS(=O)(=O)CC[C@@H](C(=O)OCc1ccccc1[N+](=O)[O-])N1C(=O)c2cc(Cl)c(Cl)cc2C1=O. The van der Waals surface area contributed by atoms with Gasteiger partial charge in [0.25, 0.3) is 17.5 Å². The molecule has 1 heterocycles. The quantitative estimate of drug-likeness (QED) is 0.226. The van der Waals surface area contributed by atoms with Crippen molar-refractivity contribution in [2.75, 3.05) is 12.0 Å². The van der Waals surface area contributed by atoms with Gasteiger partial charge in [-0.15, -0.1) is 0 Å². The van der Waals surface area contributed by atoms with Gasteiger partial charge < -0.3 is 4.74 Å². The zero-order valence-corrected chi connectivity index (χ0v) is 19.3. The Morgan fingerprint density at radius 3 is 2.18 bits per heavy atom. The summed E-state index contributed by atoms with van der Waals surface area (Å²) in [5.74, 6) is -3.35. The Balaban J connectivity index is 1.90. The fourth-order valence-electron chi connectivity index (χ4n) is 3.27. The van der Waals surface area contributed by atoms with E-state index in [0.29, 0.717) is 4.90 Å². The van der Waals surface area contributed by atoms with Gasteiger partial charge in [-0.3, -0.25) is 24.6 Å². The highest BCUT2D eigenvalue weighted by Gasteiger charge is 2.44. The number of sulfone groups is 1. The molecule has 0 radical (unpaired) electrons. The third-order valence-electron chi connectivity index (χ3n) is 4.86. The minimum atomic E-state index is -3.57. The lowest BCUT2D eigenvalue weighted by Gasteiger charge is -2.24. The molecule has 1 aliphatic rings. The molecule has 33 heavy (non-hydrogen) atoms. The average molecular weight is 515 g/mol. The minimum Gasteiger partial charge on any atom is -0.459 e. The molecule has 1 atom stereocenters. The standard InChI is InChI=1S/C20H16Cl2N2O8S/c1-33(30,31)7-6-17(20(27)32-10-11-4-2-3-5-16(11)24(28)29)23-18(25)12-8-14(21)15(22)9-13(12)19(23)26/h2-5,8-9,17H,6-7,10H2,1H3/t17-/m0/s1. The second-order valence-electron chi connectivity index (χ2n) is 7.22. The van der Waals surface area contributed by atoms with E-state index in [-0.39, 0.29) is 32.4 Å². The molecule has 13 heteroatoms. The van der Waals surface area contributed by atoms with Gasteiger partial charge >= 0.3 is 5.97 Å². The lowest BCUT2D eigenvalue weighted by atomic mass is 10.1. The molecule has 2 aromatic carbocycles. The van der Waals surface area contributed by atoms with Crippen LogP contribution in [-0.4, -0.2) is 54.1 Å². The number of ether oxygens (including phenoxy) is 1. The first-order chi connectivity index (χ1) is 15.4. The zero-order valence-electron chi connectivity index (χ0n) is 17.0. The fraction of sp³-hybridized carbons (Fsp3) is 0.250. The van der Waals surface area contributed by atoms with Crippen LogP contribution in [0.25, 0.3) is 0 Å². The summed E-state index contributed by atoms with van der Waals surface area (Å²) in [6.07, 6.45) is 0.506. The Kier molecular flexibility index (Phi) is 7.06. The van der Waals surface area contributed by atoms with Gasteiger partial charge in [-0.05, 0) is 24.6 Å². The Morgan fingerprint density at radius 1 is 1.12 bits per heavy atom. The Morgan fingerprint density at radius 2 is 1.67 bits per heavy atom. The number of benzene rings is 2. The van der Waals surface area contributed by atoms with Crippen LogP contribution in [0.1, 0.15) is 32.7 Å². The molecule has 0 unspecified atom stereocenters. The molecule has 0 aromatic heterocycles. The molecule has 0 aliphatic carbocycles. The van der Waals surface area contributed by atoms with Gasteiger partial charge in [0.1, 0.15) is 22.5 Å². The fourth-order valence-corrected chi connectivity index (χ4v) is 4.25. The van der Waals surface area contributed by atoms with Gasteiger partial charge in [-0.25, -0.2) is 13.2 Å². The molecule has 0 spiro atoms. The number of nitro benzene ring substituents is 1. The Hall–Kier alpha value is -3.02. The van der Waals surface area contributed by atoms with E-state index in [0.717, 1.165) is 6.26 Å². The number of esters is 1. The van der Waals surface area contributed by atoms with Crippen LogP contribution in [0.4, 0.5) is 5.69 Å². The highest BCUT2D eigenvalue weighted by Crippen LogP contribution is 2.33. The molecular weight excluding hydrogens is 499 g/mol. The van der Waals surface area contributed by atoms with Crippen molar-refractivity contribution in [1.82, 2.24) is 4.90 Å². The van der Waals surface area contributed by atoms with Gasteiger partial charge in [0.2, 0.25) is 0 Å². The second-order valence-corrected chi connectivity index (χ2v) is 10.3. The third kappa shape index (κ3) is 5.32. The number of carbonyl (C=O) groups excluding carboxylic acids is 3. The maximum atomic E-state index is 12.9. The number of hydrogen-bond donors (Lipinski definition) is 0. The van der Waals surface area contributed by atoms with E-state index in [9.17, 15) is 32.9 Å². The second kappa shape index (κ2) is 9.46. The summed E-state index contributed by atoms with van der Waals surface area (Å²) in [7, 11) is -3.57. The smallest absolute Gasteiger partial charge is 0.329 e. The van der Waals surface area contributed by atoms with E-state index >= 15 is 0 Å². The highest BCUT2D eigenvalue weighted by molar-refractivity contribution is 7.90. The predicted molar refractivity (Wildman–Crippen MR) is 118 cm³/mol. The normalized spacial score (nSPS) is 14.2. The summed E-state index contributed by atoms with van der Waals surface area (Å²) in [6.45, 7) is -0.522. The number of nitro groups is 1. The molecule has 3 rings (SSSR count). The number of nitrogens with zero attached hydrogens (tertiary/aromatic N) is 2. The maximum Gasteiger partial charge on any atom is 0.329 e. The van der Waals surface area contributed by atoms with Gasteiger partial charge in [-0.2, -0.15) is 0 Å². The molecule has 0 fully saturated rings. The van der Waals surface area contributed by atoms with Crippen molar-refractivity contribution >= 4 is 56.5 Å². The van der Waals surface area contributed by atoms with Crippen molar-refractivity contribution in [2.45, 2.75) is 19.1 Å². The minimum absolute atomic E-state index is 0.0186. The number of para-hydroxylation sites is 1. The zero-order chi connectivity index (χ0) is 24.5. The van der Waals surface area contributed by atoms with Gasteiger partial charge in [0, 0.05) is 12.3 Å². The number of imide groups is 1. The van der Waals surface area contributed by atoms with Crippen LogP contribution in [0.5, 0.6) is 0 Å². The van der Waals surface area contributed by atoms with Crippen LogP contribution in [0.15, 0.2) is 36.4 Å². The summed E-state index contributed by atoms with van der Waals surface area (Å²) in [5, 5.41) is 11.2. The van der Waals surface area contributed by atoms with Crippen LogP contribution in [0.3, 0.4) is 0 Å². The van der Waals surface area contributed by atoms with E-state index in [2.05, 4.69) is 0 Å². The number of fused-ring (bicyclic) bond motifs is 1. The molecule has 0 N–H and O–H groups in total. The molecule has 10 nitrogen and oxygen atoms in total.